The van der Waals surface area contributed by atoms with Crippen LogP contribution in [-0.2, 0) is 9.59 Å². The number of rotatable bonds is 2. The number of likely N-dealkylation sites (tertiary alicyclic amines) is 1. The number of carboxylic acids is 1. The molecule has 0 saturated carbocycles. The quantitative estimate of drug-likeness (QED) is 0.691. The van der Waals surface area contributed by atoms with Gasteiger partial charge in [0.2, 0.25) is 5.91 Å². The van der Waals surface area contributed by atoms with Gasteiger partial charge in [-0.1, -0.05) is 0 Å². The molecule has 1 amide bonds. The number of amides is 1. The van der Waals surface area contributed by atoms with Crippen molar-refractivity contribution < 1.29 is 14.7 Å². The molecule has 5 heteroatoms. The van der Waals surface area contributed by atoms with Crippen molar-refractivity contribution in [3.63, 3.8) is 0 Å². The van der Waals surface area contributed by atoms with Crippen LogP contribution in [0.5, 0.6) is 0 Å². The minimum Gasteiger partial charge on any atom is -0.481 e. The molecule has 16 heavy (non-hydrogen) atoms. The molecule has 0 aromatic rings. The second-order valence-electron chi connectivity index (χ2n) is 4.65. The summed E-state index contributed by atoms with van der Waals surface area (Å²) in [6, 6.07) is 0. The van der Waals surface area contributed by atoms with Gasteiger partial charge in [-0.15, -0.1) is 0 Å². The Morgan fingerprint density at radius 1 is 1.25 bits per heavy atom. The van der Waals surface area contributed by atoms with Gasteiger partial charge >= 0.3 is 5.97 Å². The maximum atomic E-state index is 12.1. The van der Waals surface area contributed by atoms with Gasteiger partial charge in [0.15, 0.2) is 0 Å². The summed E-state index contributed by atoms with van der Waals surface area (Å²) in [7, 11) is 0. The van der Waals surface area contributed by atoms with Crippen LogP contribution in [0.3, 0.4) is 0 Å². The molecule has 0 aromatic carbocycles. The molecule has 5 nitrogen and oxygen atoms in total. The lowest BCUT2D eigenvalue weighted by Crippen LogP contribution is -2.42. The van der Waals surface area contributed by atoms with E-state index < -0.39 is 5.97 Å². The van der Waals surface area contributed by atoms with Crippen LogP contribution in [0.4, 0.5) is 0 Å². The van der Waals surface area contributed by atoms with Gasteiger partial charge in [0.1, 0.15) is 0 Å². The zero-order valence-corrected chi connectivity index (χ0v) is 9.32. The van der Waals surface area contributed by atoms with Gasteiger partial charge in [-0.05, 0) is 25.8 Å². The molecule has 2 atom stereocenters. The Hall–Kier alpha value is -1.10. The molecule has 2 saturated heterocycles. The average Bonchev–Trinajstić information content (AvgIpc) is 2.78. The number of aliphatic carboxylic acids is 1. The number of hydrogen-bond donors (Lipinski definition) is 2. The Kier molecular flexibility index (Phi) is 3.43. The summed E-state index contributed by atoms with van der Waals surface area (Å²) in [5.41, 5.74) is 0. The highest BCUT2D eigenvalue weighted by Crippen LogP contribution is 2.21. The fourth-order valence-corrected chi connectivity index (χ4v) is 2.48. The Bertz CT molecular complexity index is 287. The molecule has 0 bridgehead atoms. The van der Waals surface area contributed by atoms with Crippen LogP contribution in [0.15, 0.2) is 0 Å². The van der Waals surface area contributed by atoms with Gasteiger partial charge in [0.25, 0.3) is 0 Å². The lowest BCUT2D eigenvalue weighted by Gasteiger charge is -2.26. The van der Waals surface area contributed by atoms with Gasteiger partial charge < -0.3 is 15.3 Å². The van der Waals surface area contributed by atoms with E-state index in [1.165, 1.54) is 0 Å². The summed E-state index contributed by atoms with van der Waals surface area (Å²) in [5, 5.41) is 12.1. The number of carbonyl (C=O) groups is 2. The highest BCUT2D eigenvalue weighted by molar-refractivity contribution is 5.81. The van der Waals surface area contributed by atoms with Gasteiger partial charge in [-0.2, -0.15) is 0 Å². The minimum absolute atomic E-state index is 0.0568. The molecular weight excluding hydrogens is 208 g/mol. The van der Waals surface area contributed by atoms with Crippen LogP contribution in [0.1, 0.15) is 19.3 Å². The number of hydrogen-bond acceptors (Lipinski definition) is 3. The molecule has 0 aromatic heterocycles. The molecule has 0 spiro atoms. The molecule has 2 fully saturated rings. The van der Waals surface area contributed by atoms with E-state index in [-0.39, 0.29) is 17.7 Å². The third-order valence-electron chi connectivity index (χ3n) is 3.50. The standard InChI is InChI=1S/C11H18N2O3/c14-10(8-2-1-4-12-6-8)13-5-3-9(7-13)11(15)16/h8-9,12H,1-7H2,(H,15,16)/t8-,9?/m0/s1. The monoisotopic (exact) mass is 226 g/mol. The second-order valence-corrected chi connectivity index (χ2v) is 4.65. The molecule has 90 valence electrons. The van der Waals surface area contributed by atoms with Crippen molar-refractivity contribution in [1.29, 1.82) is 0 Å². The number of carbonyl (C=O) groups excluding carboxylic acids is 1. The smallest absolute Gasteiger partial charge is 0.308 e. The van der Waals surface area contributed by atoms with Gasteiger partial charge in [-0.3, -0.25) is 9.59 Å². The first-order chi connectivity index (χ1) is 7.68. The van der Waals surface area contributed by atoms with Crippen LogP contribution in [0.2, 0.25) is 0 Å². The molecule has 2 heterocycles. The third kappa shape index (κ3) is 2.35. The summed E-state index contributed by atoms with van der Waals surface area (Å²) in [4.78, 5) is 24.6. The summed E-state index contributed by atoms with van der Waals surface area (Å²) < 4.78 is 0. The van der Waals surface area contributed by atoms with Crippen molar-refractivity contribution in [2.24, 2.45) is 11.8 Å². The van der Waals surface area contributed by atoms with Crippen LogP contribution in [0, 0.1) is 11.8 Å². The Morgan fingerprint density at radius 3 is 2.62 bits per heavy atom. The van der Waals surface area contributed by atoms with Crippen LogP contribution in [-0.4, -0.2) is 48.1 Å². The lowest BCUT2D eigenvalue weighted by molar-refractivity contribution is -0.141. The van der Waals surface area contributed by atoms with E-state index in [4.69, 9.17) is 5.11 Å². The molecule has 2 aliphatic heterocycles. The summed E-state index contributed by atoms with van der Waals surface area (Å²) >= 11 is 0. The van der Waals surface area contributed by atoms with Gasteiger partial charge in [0.05, 0.1) is 11.8 Å². The van der Waals surface area contributed by atoms with E-state index in [0.29, 0.717) is 19.5 Å². The predicted molar refractivity (Wildman–Crippen MR) is 57.9 cm³/mol. The second kappa shape index (κ2) is 4.82. The lowest BCUT2D eigenvalue weighted by atomic mass is 9.98. The van der Waals surface area contributed by atoms with Crippen molar-refractivity contribution in [2.45, 2.75) is 19.3 Å². The Morgan fingerprint density at radius 2 is 2.06 bits per heavy atom. The average molecular weight is 226 g/mol. The fourth-order valence-electron chi connectivity index (χ4n) is 2.48. The van der Waals surface area contributed by atoms with Gasteiger partial charge in [-0.25, -0.2) is 0 Å². The topological polar surface area (TPSA) is 69.6 Å². The fraction of sp³-hybridized carbons (Fsp3) is 0.818. The van der Waals surface area contributed by atoms with Crippen molar-refractivity contribution in [2.75, 3.05) is 26.2 Å². The van der Waals surface area contributed by atoms with Crippen molar-refractivity contribution in [1.82, 2.24) is 10.2 Å². The van der Waals surface area contributed by atoms with E-state index in [1.54, 1.807) is 4.90 Å². The zero-order chi connectivity index (χ0) is 11.5. The molecule has 1 unspecified atom stereocenters. The number of nitrogens with zero attached hydrogens (tertiary/aromatic N) is 1. The van der Waals surface area contributed by atoms with E-state index in [1.807, 2.05) is 0 Å². The van der Waals surface area contributed by atoms with Crippen LogP contribution >= 0.6 is 0 Å². The SMILES string of the molecule is O=C(O)C1CCN(C(=O)[C@H]2CCCNC2)C1. The zero-order valence-electron chi connectivity index (χ0n) is 9.32. The molecule has 2 rings (SSSR count). The van der Waals surface area contributed by atoms with E-state index in [2.05, 4.69) is 5.32 Å². The molecule has 2 N–H and O–H groups in total. The highest BCUT2D eigenvalue weighted by Gasteiger charge is 2.34. The number of nitrogens with one attached hydrogen (secondary N) is 1. The molecule has 0 radical (unpaired) electrons. The first-order valence-corrected chi connectivity index (χ1v) is 5.91. The predicted octanol–water partition coefficient (Wildman–Crippen LogP) is -0.0809. The summed E-state index contributed by atoms with van der Waals surface area (Å²) in [6.45, 7) is 2.73. The van der Waals surface area contributed by atoms with Crippen molar-refractivity contribution >= 4 is 11.9 Å². The summed E-state index contributed by atoms with van der Waals surface area (Å²) in [5.74, 6) is -0.949. The van der Waals surface area contributed by atoms with Crippen molar-refractivity contribution in [3.8, 4) is 0 Å². The first kappa shape index (κ1) is 11.4. The van der Waals surface area contributed by atoms with E-state index in [9.17, 15) is 9.59 Å². The Labute approximate surface area is 94.8 Å². The van der Waals surface area contributed by atoms with Gasteiger partial charge in [0, 0.05) is 19.6 Å². The largest absolute Gasteiger partial charge is 0.481 e. The summed E-state index contributed by atoms with van der Waals surface area (Å²) in [6.07, 6.45) is 2.56. The normalized spacial score (nSPS) is 30.4. The molecular formula is C11H18N2O3. The highest BCUT2D eigenvalue weighted by atomic mass is 16.4. The van der Waals surface area contributed by atoms with Crippen LogP contribution in [0.25, 0.3) is 0 Å². The first-order valence-electron chi connectivity index (χ1n) is 5.91. The number of piperidine rings is 1. The van der Waals surface area contributed by atoms with Crippen molar-refractivity contribution in [3.05, 3.63) is 0 Å². The van der Waals surface area contributed by atoms with Crippen LogP contribution < -0.4 is 5.32 Å². The third-order valence-corrected chi connectivity index (χ3v) is 3.50. The molecule has 2 aliphatic rings. The van der Waals surface area contributed by atoms with E-state index >= 15 is 0 Å². The van der Waals surface area contributed by atoms with E-state index in [0.717, 1.165) is 25.9 Å². The molecule has 0 aliphatic carbocycles. The number of carboxylic acid groups (broad SMARTS) is 1. The maximum absolute atomic E-state index is 12.1. The maximum Gasteiger partial charge on any atom is 0.308 e. The minimum atomic E-state index is -0.780. The Balaban J connectivity index is 1.88.